The number of carbonyl (C=O) groups is 2. The molecule has 1 aromatic rings. The first kappa shape index (κ1) is 18.3. The summed E-state index contributed by atoms with van der Waals surface area (Å²) in [7, 11) is 1.30. The molecule has 1 aliphatic rings. The summed E-state index contributed by atoms with van der Waals surface area (Å²) in [6.07, 6.45) is 2.01. The third-order valence-corrected chi connectivity index (χ3v) is 4.43. The molecule has 7 nitrogen and oxygen atoms in total. The van der Waals surface area contributed by atoms with E-state index in [2.05, 4.69) is 33.9 Å². The number of ether oxygens (including phenoxy) is 1. The van der Waals surface area contributed by atoms with E-state index in [1.807, 2.05) is 25.7 Å². The average Bonchev–Trinajstić information content (AvgIpc) is 3.06. The van der Waals surface area contributed by atoms with Crippen LogP contribution in [0.15, 0.2) is 6.20 Å². The molecule has 0 unspecified atom stereocenters. The first-order valence-electron chi connectivity index (χ1n) is 8.31. The van der Waals surface area contributed by atoms with Crippen LogP contribution in [0, 0.1) is 18.3 Å². The third kappa shape index (κ3) is 3.88. The number of hydrogen-bond acceptors (Lipinski definition) is 4. The molecule has 134 valence electrons. The van der Waals surface area contributed by atoms with E-state index in [9.17, 15) is 9.59 Å². The fourth-order valence-corrected chi connectivity index (χ4v) is 3.23. The second kappa shape index (κ2) is 6.83. The lowest BCUT2D eigenvalue weighted by Gasteiger charge is -2.30. The first-order valence-corrected chi connectivity index (χ1v) is 8.31. The number of carbonyl (C=O) groups excluding carboxylic acids is 2. The number of aromatic nitrogens is 2. The van der Waals surface area contributed by atoms with Crippen LogP contribution in [-0.2, 0) is 9.53 Å². The van der Waals surface area contributed by atoms with Gasteiger partial charge in [-0.05, 0) is 24.7 Å². The Hall–Kier alpha value is -2.05. The Morgan fingerprint density at radius 2 is 2.12 bits per heavy atom. The molecular weight excluding hydrogens is 308 g/mol. The zero-order valence-corrected chi connectivity index (χ0v) is 15.3. The summed E-state index contributed by atoms with van der Waals surface area (Å²) in [5.74, 6) is 0.659. The number of alkyl carbamates (subject to hydrolysis) is 1. The number of nitrogens with one attached hydrogen (secondary N) is 2. The van der Waals surface area contributed by atoms with Crippen LogP contribution < -0.4 is 5.32 Å². The molecule has 1 saturated heterocycles. The van der Waals surface area contributed by atoms with Crippen molar-refractivity contribution in [1.29, 1.82) is 0 Å². The van der Waals surface area contributed by atoms with Gasteiger partial charge in [0.05, 0.1) is 13.2 Å². The summed E-state index contributed by atoms with van der Waals surface area (Å²) in [6, 6.07) is -0.730. The Labute approximate surface area is 143 Å². The lowest BCUT2D eigenvalue weighted by atomic mass is 9.90. The van der Waals surface area contributed by atoms with Gasteiger partial charge in [-0.1, -0.05) is 27.7 Å². The lowest BCUT2D eigenvalue weighted by molar-refractivity contribution is -0.135. The van der Waals surface area contributed by atoms with Crippen LogP contribution in [0.25, 0.3) is 0 Å². The van der Waals surface area contributed by atoms with Crippen molar-refractivity contribution in [2.24, 2.45) is 11.3 Å². The number of likely N-dealkylation sites (tertiary alicyclic amines) is 1. The number of imidazole rings is 1. The molecule has 0 aliphatic carbocycles. The normalized spacial score (nSPS) is 21.0. The van der Waals surface area contributed by atoms with Crippen LogP contribution in [0.3, 0.4) is 0 Å². The van der Waals surface area contributed by atoms with Crippen molar-refractivity contribution in [1.82, 2.24) is 20.2 Å². The van der Waals surface area contributed by atoms with E-state index in [-0.39, 0.29) is 23.3 Å². The third-order valence-electron chi connectivity index (χ3n) is 4.43. The predicted molar refractivity (Wildman–Crippen MR) is 90.3 cm³/mol. The van der Waals surface area contributed by atoms with Gasteiger partial charge in [0.15, 0.2) is 0 Å². The molecule has 0 spiro atoms. The van der Waals surface area contributed by atoms with Crippen LogP contribution in [-0.4, -0.2) is 46.6 Å². The summed E-state index contributed by atoms with van der Waals surface area (Å²) in [6.45, 7) is 10.7. The molecule has 0 saturated carbocycles. The Balaban J connectivity index is 2.27. The van der Waals surface area contributed by atoms with E-state index in [4.69, 9.17) is 0 Å². The van der Waals surface area contributed by atoms with Crippen LogP contribution in [0.1, 0.15) is 51.7 Å². The molecular formula is C17H28N4O3. The second-order valence-corrected chi connectivity index (χ2v) is 7.66. The van der Waals surface area contributed by atoms with Crippen molar-refractivity contribution >= 4 is 12.0 Å². The first-order chi connectivity index (χ1) is 11.1. The topological polar surface area (TPSA) is 87.3 Å². The molecule has 0 bridgehead atoms. The molecule has 1 fully saturated rings. The molecule has 1 aromatic heterocycles. The van der Waals surface area contributed by atoms with Crippen LogP contribution in [0.4, 0.5) is 4.79 Å². The summed E-state index contributed by atoms with van der Waals surface area (Å²) in [5.41, 5.74) is 0.962. The Morgan fingerprint density at radius 3 is 2.62 bits per heavy atom. The minimum atomic E-state index is -0.620. The van der Waals surface area contributed by atoms with Gasteiger partial charge in [0.2, 0.25) is 5.91 Å². The molecule has 2 rings (SSSR count). The number of H-pyrrole nitrogens is 1. The molecule has 2 heterocycles. The van der Waals surface area contributed by atoms with Gasteiger partial charge in [0, 0.05) is 18.4 Å². The van der Waals surface area contributed by atoms with Gasteiger partial charge in [-0.15, -0.1) is 0 Å². The van der Waals surface area contributed by atoms with Gasteiger partial charge in [-0.25, -0.2) is 9.78 Å². The van der Waals surface area contributed by atoms with Gasteiger partial charge in [0.25, 0.3) is 0 Å². The maximum atomic E-state index is 13.1. The summed E-state index contributed by atoms with van der Waals surface area (Å²) < 4.78 is 4.66. The smallest absolute Gasteiger partial charge is 0.407 e. The van der Waals surface area contributed by atoms with Gasteiger partial charge in [0.1, 0.15) is 11.9 Å². The number of methoxy groups -OCH3 is 1. The molecule has 24 heavy (non-hydrogen) atoms. The van der Waals surface area contributed by atoms with Crippen molar-refractivity contribution < 1.29 is 14.3 Å². The zero-order valence-electron chi connectivity index (χ0n) is 15.3. The van der Waals surface area contributed by atoms with Crippen LogP contribution in [0.2, 0.25) is 0 Å². The number of nitrogens with zero attached hydrogens (tertiary/aromatic N) is 2. The number of hydrogen-bond donors (Lipinski definition) is 2. The summed E-state index contributed by atoms with van der Waals surface area (Å²) in [5, 5.41) is 2.66. The lowest BCUT2D eigenvalue weighted by Crippen LogP contribution is -2.51. The maximum absolute atomic E-state index is 13.1. The molecule has 2 atom stereocenters. The molecule has 1 aliphatic heterocycles. The highest BCUT2D eigenvalue weighted by Crippen LogP contribution is 2.42. The van der Waals surface area contributed by atoms with E-state index < -0.39 is 12.1 Å². The molecule has 0 aromatic carbocycles. The highest BCUT2D eigenvalue weighted by molar-refractivity contribution is 5.86. The predicted octanol–water partition coefficient (Wildman–Crippen LogP) is 2.40. The van der Waals surface area contributed by atoms with Crippen LogP contribution >= 0.6 is 0 Å². The van der Waals surface area contributed by atoms with Crippen molar-refractivity contribution in [2.45, 2.75) is 53.1 Å². The van der Waals surface area contributed by atoms with E-state index in [0.29, 0.717) is 6.54 Å². The molecule has 2 N–H and O–H groups in total. The van der Waals surface area contributed by atoms with Gasteiger partial charge < -0.3 is 19.9 Å². The van der Waals surface area contributed by atoms with E-state index in [1.54, 1.807) is 6.20 Å². The largest absolute Gasteiger partial charge is 0.453 e. The van der Waals surface area contributed by atoms with Gasteiger partial charge in [-0.3, -0.25) is 4.79 Å². The Kier molecular flexibility index (Phi) is 5.20. The number of amides is 2. The summed E-state index contributed by atoms with van der Waals surface area (Å²) >= 11 is 0. The number of aromatic amines is 1. The van der Waals surface area contributed by atoms with Crippen molar-refractivity contribution in [2.75, 3.05) is 13.7 Å². The Bertz CT molecular complexity index is 609. The molecule has 7 heteroatoms. The minimum absolute atomic E-state index is 0.00613. The minimum Gasteiger partial charge on any atom is -0.453 e. The quantitative estimate of drug-likeness (QED) is 0.884. The number of rotatable bonds is 4. The van der Waals surface area contributed by atoms with E-state index >= 15 is 0 Å². The SMILES string of the molecule is COC(=O)N[C@H](C(=O)N1CC(C)(C)C[C@H]1c1ncc(C)[nH]1)C(C)C. The van der Waals surface area contributed by atoms with Gasteiger partial charge in [-0.2, -0.15) is 0 Å². The van der Waals surface area contributed by atoms with Crippen molar-refractivity contribution in [3.63, 3.8) is 0 Å². The van der Waals surface area contributed by atoms with Gasteiger partial charge >= 0.3 is 6.09 Å². The fourth-order valence-electron chi connectivity index (χ4n) is 3.23. The van der Waals surface area contributed by atoms with E-state index in [0.717, 1.165) is 17.9 Å². The van der Waals surface area contributed by atoms with Crippen molar-refractivity contribution in [3.05, 3.63) is 17.7 Å². The summed E-state index contributed by atoms with van der Waals surface area (Å²) in [4.78, 5) is 34.2. The Morgan fingerprint density at radius 1 is 1.46 bits per heavy atom. The number of aryl methyl sites for hydroxylation is 1. The van der Waals surface area contributed by atoms with Crippen molar-refractivity contribution in [3.8, 4) is 0 Å². The molecule has 0 radical (unpaired) electrons. The monoisotopic (exact) mass is 336 g/mol. The highest BCUT2D eigenvalue weighted by atomic mass is 16.5. The van der Waals surface area contributed by atoms with Crippen LogP contribution in [0.5, 0.6) is 0 Å². The maximum Gasteiger partial charge on any atom is 0.407 e. The standard InChI is InChI=1S/C17H28N4O3/c1-10(2)13(20-16(23)24-6)15(22)21-9-17(4,5)7-12(21)14-18-8-11(3)19-14/h8,10,12-13H,7,9H2,1-6H3,(H,18,19)(H,20,23)/t12-,13-/m0/s1. The zero-order chi connectivity index (χ0) is 18.1. The van der Waals surface area contributed by atoms with E-state index in [1.165, 1.54) is 7.11 Å². The molecule has 2 amide bonds. The highest BCUT2D eigenvalue weighted by Gasteiger charge is 2.44. The second-order valence-electron chi connectivity index (χ2n) is 7.66. The average molecular weight is 336 g/mol. The fraction of sp³-hybridized carbons (Fsp3) is 0.706.